The highest BCUT2D eigenvalue weighted by Crippen LogP contribution is 2.64. The first kappa shape index (κ1) is 37.3. The predicted molar refractivity (Wildman–Crippen MR) is 71.8 cm³/mol. The van der Waals surface area contributed by atoms with Crippen molar-refractivity contribution in [3.63, 3.8) is 0 Å². The molecule has 0 saturated carbocycles. The summed E-state index contributed by atoms with van der Waals surface area (Å²) < 4.78 is 318. The molecular weight excluding hydrogens is 661 g/mol. The molecule has 0 heterocycles. The highest BCUT2D eigenvalue weighted by molar-refractivity contribution is 7.90. The van der Waals surface area contributed by atoms with Gasteiger partial charge < -0.3 is 0 Å². The van der Waals surface area contributed by atoms with Crippen LogP contribution in [0.5, 0.6) is 0 Å². The Hall–Kier alpha value is -1.74. The van der Waals surface area contributed by atoms with Crippen molar-refractivity contribution in [2.75, 3.05) is 0 Å². The average molecular weight is 664 g/mol. The minimum absolute atomic E-state index is 1.82. The number of hydrogen-bond acceptors (Lipinski definition) is 3. The minimum Gasteiger partial charge on any atom is -0.266 e. The number of hydrogen-bond donors (Lipinski definition) is 2. The molecule has 0 spiro atoms. The molecule has 0 atom stereocenters. The van der Waals surface area contributed by atoms with Crippen LogP contribution in [0.15, 0.2) is 0 Å². The van der Waals surface area contributed by atoms with Crippen molar-refractivity contribution < 1.29 is 109 Å². The van der Waals surface area contributed by atoms with Crippen LogP contribution in [0.2, 0.25) is 0 Å². The van der Waals surface area contributed by atoms with Crippen LogP contribution in [0.4, 0.5) is 101 Å². The normalized spacial score (nSPS) is 17.0. The summed E-state index contributed by atoms with van der Waals surface area (Å²) in [5.74, 6) is -62.1. The maximum atomic E-state index is 13.6. The highest BCUT2D eigenvalue weighted by atomic mass is 32.2. The van der Waals surface area contributed by atoms with Gasteiger partial charge in [0.2, 0.25) is 0 Å². The third-order valence-corrected chi connectivity index (χ3v) is 5.56. The van der Waals surface area contributed by atoms with Crippen LogP contribution in [0.25, 0.3) is 0 Å². The molecule has 0 aliphatic heterocycles. The molecule has 236 valence electrons. The lowest BCUT2D eigenvalue weighted by atomic mass is 9.91. The summed E-state index contributed by atoms with van der Waals surface area (Å²) in [4.78, 5) is 0. The Labute approximate surface area is 196 Å². The Balaban J connectivity index is 7.08. The van der Waals surface area contributed by atoms with Gasteiger partial charge in [0.15, 0.2) is 0 Å². The summed E-state index contributed by atoms with van der Waals surface area (Å²) >= 11 is 0. The van der Waals surface area contributed by atoms with Gasteiger partial charge in [-0.2, -0.15) is 101 Å². The van der Waals surface area contributed by atoms with E-state index < -0.39 is 79.7 Å². The van der Waals surface area contributed by atoms with E-state index in [9.17, 15) is 109 Å². The summed E-state index contributed by atoms with van der Waals surface area (Å²) in [6.45, 7) is 0. The number of rotatable bonds is 11. The summed E-state index contributed by atoms with van der Waals surface area (Å²) in [6.07, 6.45) is -8.10. The quantitative estimate of drug-likeness (QED) is 0.222. The molecule has 0 bridgehead atoms. The van der Waals surface area contributed by atoms with E-state index in [1.165, 1.54) is 0 Å². The van der Waals surface area contributed by atoms with Crippen molar-refractivity contribution in [1.82, 2.24) is 4.72 Å². The predicted octanol–water partition coefficient (Wildman–Crippen LogP) is 5.65. The molecule has 0 rings (SSSR count). The molecule has 0 fully saturated rings. The fraction of sp³-hybridized carbons (Fsp3) is 1.00. The van der Waals surface area contributed by atoms with Crippen molar-refractivity contribution in [3.05, 3.63) is 0 Å². The molecule has 0 aromatic carbocycles. The standard InChI is InChI=1S/C11H3F23N2O2S/c12-1(13,3(16,17)5(20,21)8(26,27)28)2(14,15)4(18,19)6(22,23)11(33,34)39(37,38)36-10(31,32)7(24,25)9(29,30)35/h36H,35H2. The second kappa shape index (κ2) is 8.88. The second-order valence-electron chi connectivity index (χ2n) is 6.84. The van der Waals surface area contributed by atoms with Crippen LogP contribution in [-0.4, -0.2) is 73.4 Å². The zero-order chi connectivity index (χ0) is 32.7. The van der Waals surface area contributed by atoms with Crippen LogP contribution < -0.4 is 10.5 Å². The van der Waals surface area contributed by atoms with Gasteiger partial charge in [-0.05, 0) is 0 Å². The molecule has 0 aliphatic carbocycles. The fourth-order valence-corrected chi connectivity index (χ4v) is 2.88. The van der Waals surface area contributed by atoms with Gasteiger partial charge in [-0.15, -0.1) is 4.72 Å². The molecule has 3 N–H and O–H groups in total. The summed E-state index contributed by atoms with van der Waals surface area (Å²) in [5.41, 5.74) is 3.14. The maximum absolute atomic E-state index is 13.6. The third-order valence-electron chi connectivity index (χ3n) is 4.11. The molecule has 0 aromatic heterocycles. The van der Waals surface area contributed by atoms with Gasteiger partial charge >= 0.3 is 65.0 Å². The van der Waals surface area contributed by atoms with Crippen molar-refractivity contribution >= 4 is 10.0 Å². The van der Waals surface area contributed by atoms with Crippen LogP contribution in [0.3, 0.4) is 0 Å². The van der Waals surface area contributed by atoms with Crippen molar-refractivity contribution in [2.45, 2.75) is 65.0 Å². The van der Waals surface area contributed by atoms with Gasteiger partial charge in [0.05, 0.1) is 0 Å². The Morgan fingerprint density at radius 2 is 0.667 bits per heavy atom. The number of nitrogens with two attached hydrogens (primary N) is 1. The van der Waals surface area contributed by atoms with Crippen molar-refractivity contribution in [3.8, 4) is 0 Å². The van der Waals surface area contributed by atoms with Gasteiger partial charge in [-0.3, -0.25) is 5.73 Å². The lowest BCUT2D eigenvalue weighted by molar-refractivity contribution is -0.458. The zero-order valence-corrected chi connectivity index (χ0v) is 17.3. The summed E-state index contributed by atoms with van der Waals surface area (Å²) in [5, 5.41) is -8.70. The molecule has 0 amide bonds. The van der Waals surface area contributed by atoms with E-state index in [0.29, 0.717) is 0 Å². The highest BCUT2D eigenvalue weighted by Gasteiger charge is 2.96. The van der Waals surface area contributed by atoms with Crippen LogP contribution in [0, 0.1) is 0 Å². The first-order valence-electron chi connectivity index (χ1n) is 7.88. The van der Waals surface area contributed by atoms with E-state index in [4.69, 9.17) is 0 Å². The second-order valence-corrected chi connectivity index (χ2v) is 8.56. The molecule has 0 radical (unpaired) electrons. The van der Waals surface area contributed by atoms with Crippen LogP contribution in [0.1, 0.15) is 0 Å². The SMILES string of the molecule is NC(F)(F)C(F)(F)C(F)(F)NS(=O)(=O)C(F)(F)C(F)(F)C(F)(F)C(F)(F)C(F)(F)C(F)(F)C(F)(F)C(F)(F)F. The van der Waals surface area contributed by atoms with Crippen molar-refractivity contribution in [1.29, 1.82) is 0 Å². The lowest BCUT2D eigenvalue weighted by Gasteiger charge is -2.42. The van der Waals surface area contributed by atoms with E-state index >= 15 is 0 Å². The third kappa shape index (κ3) is 4.79. The topological polar surface area (TPSA) is 72.2 Å². The Kier molecular flexibility index (Phi) is 8.48. The van der Waals surface area contributed by atoms with E-state index in [1.807, 2.05) is 0 Å². The number of sulfonamides is 1. The molecule has 0 aromatic rings. The van der Waals surface area contributed by atoms with E-state index in [0.717, 1.165) is 0 Å². The smallest absolute Gasteiger partial charge is 0.266 e. The number of alkyl halides is 23. The Morgan fingerprint density at radius 3 is 0.923 bits per heavy atom. The van der Waals surface area contributed by atoms with E-state index in [-0.39, 0.29) is 0 Å². The fourth-order valence-electron chi connectivity index (χ4n) is 1.82. The van der Waals surface area contributed by atoms with Gasteiger partial charge in [0.1, 0.15) is 0 Å². The molecule has 0 saturated heterocycles. The van der Waals surface area contributed by atoms with E-state index in [1.54, 1.807) is 0 Å². The first-order chi connectivity index (χ1) is 16.2. The molecule has 0 aliphatic rings. The molecule has 28 heteroatoms. The summed E-state index contributed by atoms with van der Waals surface area (Å²) in [6, 6.07) is -14.3. The van der Waals surface area contributed by atoms with Crippen molar-refractivity contribution in [2.24, 2.45) is 5.73 Å². The van der Waals surface area contributed by atoms with Gasteiger partial charge in [0, 0.05) is 0 Å². The number of halogens is 23. The van der Waals surface area contributed by atoms with Gasteiger partial charge in [0.25, 0.3) is 10.0 Å². The molecule has 0 unspecified atom stereocenters. The van der Waals surface area contributed by atoms with Crippen LogP contribution in [-0.2, 0) is 10.0 Å². The Morgan fingerprint density at radius 1 is 0.410 bits per heavy atom. The Bertz CT molecular complexity index is 1020. The number of nitrogens with one attached hydrogen (secondary N) is 1. The molecular formula is C11H3F23N2O2S. The first-order valence-corrected chi connectivity index (χ1v) is 9.36. The van der Waals surface area contributed by atoms with Gasteiger partial charge in [-0.1, -0.05) is 0 Å². The molecule has 39 heavy (non-hydrogen) atoms. The monoisotopic (exact) mass is 664 g/mol. The zero-order valence-electron chi connectivity index (χ0n) is 16.5. The van der Waals surface area contributed by atoms with Gasteiger partial charge in [-0.25, -0.2) is 8.42 Å². The average Bonchev–Trinajstić information content (AvgIpc) is 2.63. The van der Waals surface area contributed by atoms with Crippen LogP contribution >= 0.6 is 0 Å². The minimum atomic E-state index is -9.34. The van der Waals surface area contributed by atoms with E-state index in [2.05, 4.69) is 5.73 Å². The lowest BCUT2D eigenvalue weighted by Crippen LogP contribution is -2.76. The maximum Gasteiger partial charge on any atom is 0.460 e. The largest absolute Gasteiger partial charge is 0.460 e. The molecule has 4 nitrogen and oxygen atoms in total. The summed E-state index contributed by atoms with van der Waals surface area (Å²) in [7, 11) is -9.02.